The molecular weight excluding hydrogens is 270 g/mol. The number of aliphatic hydroxyl groups excluding tert-OH is 1. The zero-order chi connectivity index (χ0) is 15.7. The molecule has 0 aromatic rings. The van der Waals surface area contributed by atoms with Crippen LogP contribution in [0.25, 0.3) is 0 Å². The lowest BCUT2D eigenvalue weighted by molar-refractivity contribution is -0.137. The molecule has 0 heterocycles. The first kappa shape index (κ1) is 18.0. The Kier molecular flexibility index (Phi) is 8.35. The van der Waals surface area contributed by atoms with Crippen LogP contribution in [0.4, 0.5) is 0 Å². The topological polar surface area (TPSA) is 86.6 Å². The highest BCUT2D eigenvalue weighted by Gasteiger charge is 2.31. The quantitative estimate of drug-likeness (QED) is 0.570. The van der Waals surface area contributed by atoms with Crippen molar-refractivity contribution in [2.45, 2.75) is 70.8 Å². The summed E-state index contributed by atoms with van der Waals surface area (Å²) in [7, 11) is 0. The normalized spacial score (nSPS) is 25.5. The second-order valence-electron chi connectivity index (χ2n) is 6.29. The van der Waals surface area contributed by atoms with Crippen molar-refractivity contribution in [2.24, 2.45) is 11.8 Å². The van der Waals surface area contributed by atoms with E-state index in [0.717, 1.165) is 51.4 Å². The van der Waals surface area contributed by atoms with Crippen molar-refractivity contribution in [1.29, 1.82) is 0 Å². The minimum absolute atomic E-state index is 0.0136. The molecule has 0 radical (unpaired) electrons. The zero-order valence-corrected chi connectivity index (χ0v) is 13.0. The van der Waals surface area contributed by atoms with Crippen LogP contribution in [-0.4, -0.2) is 34.7 Å². The molecule has 21 heavy (non-hydrogen) atoms. The van der Waals surface area contributed by atoms with Gasteiger partial charge in [0.25, 0.3) is 0 Å². The molecule has 1 saturated carbocycles. The molecule has 3 atom stereocenters. The summed E-state index contributed by atoms with van der Waals surface area (Å²) in [6, 6.07) is 0. The van der Waals surface area contributed by atoms with E-state index in [1.807, 2.05) is 0 Å². The van der Waals surface area contributed by atoms with Crippen LogP contribution in [0.3, 0.4) is 0 Å². The van der Waals surface area contributed by atoms with Gasteiger partial charge >= 0.3 is 5.97 Å². The predicted molar refractivity (Wildman–Crippen MR) is 80.9 cm³/mol. The lowest BCUT2D eigenvalue weighted by atomic mass is 9.80. The molecule has 3 N–H and O–H groups in total. The molecule has 1 fully saturated rings. The van der Waals surface area contributed by atoms with E-state index in [1.54, 1.807) is 0 Å². The van der Waals surface area contributed by atoms with Crippen LogP contribution in [0.1, 0.15) is 64.7 Å². The third-order valence-electron chi connectivity index (χ3n) is 4.28. The van der Waals surface area contributed by atoms with Gasteiger partial charge in [0.05, 0.1) is 12.0 Å². The number of hydrogen-bond donors (Lipinski definition) is 3. The average Bonchev–Trinajstić information content (AvgIpc) is 2.41. The van der Waals surface area contributed by atoms with Gasteiger partial charge in [-0.3, -0.25) is 9.59 Å². The van der Waals surface area contributed by atoms with Gasteiger partial charge in [0.1, 0.15) is 0 Å². The van der Waals surface area contributed by atoms with Gasteiger partial charge in [-0.05, 0) is 38.0 Å². The summed E-state index contributed by atoms with van der Waals surface area (Å²) in [5.41, 5.74) is 0. The minimum Gasteiger partial charge on any atom is -0.481 e. The van der Waals surface area contributed by atoms with Gasteiger partial charge in [-0.2, -0.15) is 0 Å². The Balaban J connectivity index is 2.02. The number of amides is 1. The summed E-state index contributed by atoms with van der Waals surface area (Å²) in [4.78, 5) is 22.3. The Morgan fingerprint density at radius 3 is 2.43 bits per heavy atom. The van der Waals surface area contributed by atoms with Crippen molar-refractivity contribution >= 4 is 11.9 Å². The van der Waals surface area contributed by atoms with Crippen LogP contribution in [-0.2, 0) is 9.59 Å². The van der Waals surface area contributed by atoms with Crippen LogP contribution in [0, 0.1) is 11.8 Å². The summed E-state index contributed by atoms with van der Waals surface area (Å²) >= 11 is 0. The number of carbonyl (C=O) groups excluding carboxylic acids is 1. The monoisotopic (exact) mass is 299 g/mol. The summed E-state index contributed by atoms with van der Waals surface area (Å²) in [5, 5.41) is 21.4. The van der Waals surface area contributed by atoms with Crippen molar-refractivity contribution in [3.05, 3.63) is 0 Å². The molecule has 5 heteroatoms. The van der Waals surface area contributed by atoms with Crippen molar-refractivity contribution in [2.75, 3.05) is 6.54 Å². The van der Waals surface area contributed by atoms with Crippen LogP contribution in [0.5, 0.6) is 0 Å². The third kappa shape index (κ3) is 7.46. The number of aliphatic carboxylic acids is 1. The maximum absolute atomic E-state index is 12.0. The molecule has 0 saturated heterocycles. The first-order valence-corrected chi connectivity index (χ1v) is 8.18. The fourth-order valence-electron chi connectivity index (χ4n) is 2.93. The van der Waals surface area contributed by atoms with Gasteiger partial charge in [-0.15, -0.1) is 0 Å². The second-order valence-corrected chi connectivity index (χ2v) is 6.29. The van der Waals surface area contributed by atoms with Crippen molar-refractivity contribution in [1.82, 2.24) is 5.32 Å². The summed E-state index contributed by atoms with van der Waals surface area (Å²) in [5.74, 6) is -0.477. The molecule has 0 aromatic heterocycles. The SMILES string of the molecule is CC1CCC(C(=O)NCCCCCCCC(=O)O)C(O)C1. The van der Waals surface area contributed by atoms with Gasteiger partial charge in [0.2, 0.25) is 5.91 Å². The molecular formula is C16H29NO4. The predicted octanol–water partition coefficient (Wildman–Crippen LogP) is 2.32. The number of carboxylic acids is 1. The molecule has 122 valence electrons. The summed E-state index contributed by atoms with van der Waals surface area (Å²) < 4.78 is 0. The highest BCUT2D eigenvalue weighted by molar-refractivity contribution is 5.79. The maximum Gasteiger partial charge on any atom is 0.303 e. The third-order valence-corrected chi connectivity index (χ3v) is 4.28. The van der Waals surface area contributed by atoms with Crippen LogP contribution >= 0.6 is 0 Å². The van der Waals surface area contributed by atoms with Crippen molar-refractivity contribution in [3.63, 3.8) is 0 Å². The highest BCUT2D eigenvalue weighted by Crippen LogP contribution is 2.28. The number of carboxylic acid groups (broad SMARTS) is 1. The molecule has 0 aliphatic heterocycles. The Morgan fingerprint density at radius 2 is 1.76 bits per heavy atom. The largest absolute Gasteiger partial charge is 0.481 e. The number of unbranched alkanes of at least 4 members (excludes halogenated alkanes) is 4. The Bertz CT molecular complexity index is 332. The van der Waals surface area contributed by atoms with E-state index in [0.29, 0.717) is 12.5 Å². The molecule has 1 amide bonds. The highest BCUT2D eigenvalue weighted by atomic mass is 16.4. The first-order valence-electron chi connectivity index (χ1n) is 8.18. The fraction of sp³-hybridized carbons (Fsp3) is 0.875. The van der Waals surface area contributed by atoms with E-state index in [4.69, 9.17) is 5.11 Å². The molecule has 0 bridgehead atoms. The van der Waals surface area contributed by atoms with E-state index in [1.165, 1.54) is 0 Å². The standard InChI is InChI=1S/C16H29NO4/c1-12-8-9-13(14(18)11-12)16(21)17-10-6-4-2-3-5-7-15(19)20/h12-14,18H,2-11H2,1H3,(H,17,21)(H,19,20). The van der Waals surface area contributed by atoms with Gasteiger partial charge in [-0.25, -0.2) is 0 Å². The average molecular weight is 299 g/mol. The Morgan fingerprint density at radius 1 is 1.10 bits per heavy atom. The second kappa shape index (κ2) is 9.77. The molecule has 1 rings (SSSR count). The number of carbonyl (C=O) groups is 2. The minimum atomic E-state index is -0.734. The van der Waals surface area contributed by atoms with E-state index >= 15 is 0 Å². The van der Waals surface area contributed by atoms with Gasteiger partial charge in [-0.1, -0.05) is 26.2 Å². The number of nitrogens with one attached hydrogen (secondary N) is 1. The number of aliphatic hydroxyl groups is 1. The molecule has 1 aliphatic rings. The maximum atomic E-state index is 12.0. The smallest absolute Gasteiger partial charge is 0.303 e. The van der Waals surface area contributed by atoms with Crippen molar-refractivity contribution < 1.29 is 19.8 Å². The molecule has 5 nitrogen and oxygen atoms in total. The van der Waals surface area contributed by atoms with E-state index < -0.39 is 12.1 Å². The lowest BCUT2D eigenvalue weighted by Crippen LogP contribution is -2.41. The van der Waals surface area contributed by atoms with Gasteiger partial charge in [0.15, 0.2) is 0 Å². The Labute approximate surface area is 127 Å². The van der Waals surface area contributed by atoms with Crippen molar-refractivity contribution in [3.8, 4) is 0 Å². The van der Waals surface area contributed by atoms with E-state index in [9.17, 15) is 14.7 Å². The molecule has 3 unspecified atom stereocenters. The fourth-order valence-corrected chi connectivity index (χ4v) is 2.93. The van der Waals surface area contributed by atoms with Crippen LogP contribution in [0.2, 0.25) is 0 Å². The van der Waals surface area contributed by atoms with Crippen LogP contribution in [0.15, 0.2) is 0 Å². The number of rotatable bonds is 9. The molecule has 0 spiro atoms. The van der Waals surface area contributed by atoms with Gasteiger partial charge < -0.3 is 15.5 Å². The van der Waals surface area contributed by atoms with Gasteiger partial charge in [0, 0.05) is 13.0 Å². The summed E-state index contributed by atoms with van der Waals surface area (Å²) in [6.07, 6.45) is 6.85. The van der Waals surface area contributed by atoms with E-state index in [2.05, 4.69) is 12.2 Å². The van der Waals surface area contributed by atoms with E-state index in [-0.39, 0.29) is 18.2 Å². The number of hydrogen-bond acceptors (Lipinski definition) is 3. The first-order chi connectivity index (χ1) is 10.0. The zero-order valence-electron chi connectivity index (χ0n) is 13.0. The summed E-state index contributed by atoms with van der Waals surface area (Å²) in [6.45, 7) is 2.76. The lowest BCUT2D eigenvalue weighted by Gasteiger charge is -2.30. The molecule has 1 aliphatic carbocycles. The Hall–Kier alpha value is -1.10. The molecule has 0 aromatic carbocycles. The van der Waals surface area contributed by atoms with Crippen LogP contribution < -0.4 is 5.32 Å².